The molecule has 1 atom stereocenters. The predicted octanol–water partition coefficient (Wildman–Crippen LogP) is 3.41. The number of aromatic nitrogens is 1. The molecule has 1 N–H and O–H groups in total. The molecule has 1 saturated heterocycles. The summed E-state index contributed by atoms with van der Waals surface area (Å²) in [4.78, 5) is 7.04. The fourth-order valence-electron chi connectivity index (χ4n) is 2.93. The molecule has 0 saturated carbocycles. The van der Waals surface area contributed by atoms with Crippen LogP contribution in [0.3, 0.4) is 0 Å². The minimum Gasteiger partial charge on any atom is -0.396 e. The minimum absolute atomic E-state index is 0.263. The third kappa shape index (κ3) is 2.60. The fraction of sp³-hybridized carbons (Fsp3) is 0.438. The van der Waals surface area contributed by atoms with E-state index in [1.807, 2.05) is 18.2 Å². The van der Waals surface area contributed by atoms with Gasteiger partial charge in [0.25, 0.3) is 0 Å². The van der Waals surface area contributed by atoms with Crippen LogP contribution >= 0.6 is 11.6 Å². The smallest absolute Gasteiger partial charge is 0.129 e. The van der Waals surface area contributed by atoms with Gasteiger partial charge in [0.15, 0.2) is 0 Å². The summed E-state index contributed by atoms with van der Waals surface area (Å²) in [6.07, 6.45) is 2.22. The Labute approximate surface area is 124 Å². The number of pyridine rings is 1. The zero-order chi connectivity index (χ0) is 14.1. The van der Waals surface area contributed by atoms with Crippen LogP contribution in [0, 0.1) is 12.8 Å². The monoisotopic (exact) mass is 290 g/mol. The van der Waals surface area contributed by atoms with Crippen LogP contribution in [0.25, 0.3) is 10.9 Å². The van der Waals surface area contributed by atoms with Crippen molar-refractivity contribution in [2.24, 2.45) is 5.92 Å². The number of halogens is 1. The first kappa shape index (κ1) is 13.7. The Morgan fingerprint density at radius 3 is 3.05 bits per heavy atom. The molecule has 2 aromatic rings. The number of hydrogen-bond acceptors (Lipinski definition) is 3. The van der Waals surface area contributed by atoms with E-state index in [0.717, 1.165) is 47.7 Å². The van der Waals surface area contributed by atoms with Gasteiger partial charge in [-0.2, -0.15) is 0 Å². The summed E-state index contributed by atoms with van der Waals surface area (Å²) in [5.74, 6) is 1.38. The molecule has 1 unspecified atom stereocenters. The van der Waals surface area contributed by atoms with Crippen LogP contribution in [-0.4, -0.2) is 29.8 Å². The van der Waals surface area contributed by atoms with E-state index in [0.29, 0.717) is 5.92 Å². The summed E-state index contributed by atoms with van der Waals surface area (Å²) in [5.41, 5.74) is 2.18. The molecule has 0 aliphatic carbocycles. The number of aliphatic hydroxyl groups excluding tert-OH is 1. The second kappa shape index (κ2) is 5.58. The maximum Gasteiger partial charge on any atom is 0.129 e. The number of aliphatic hydroxyl groups is 1. The van der Waals surface area contributed by atoms with Crippen LogP contribution in [0.4, 0.5) is 5.82 Å². The number of rotatable bonds is 2. The SMILES string of the molecule is Cc1cc(N2CCCC(CO)C2)nc2ccc(Cl)cc12. The van der Waals surface area contributed by atoms with Gasteiger partial charge in [-0.3, -0.25) is 0 Å². The van der Waals surface area contributed by atoms with Crippen molar-refractivity contribution in [2.45, 2.75) is 19.8 Å². The minimum atomic E-state index is 0.263. The highest BCUT2D eigenvalue weighted by atomic mass is 35.5. The molecule has 3 nitrogen and oxygen atoms in total. The van der Waals surface area contributed by atoms with Gasteiger partial charge in [0.2, 0.25) is 0 Å². The Morgan fingerprint density at radius 1 is 1.40 bits per heavy atom. The molecule has 0 bridgehead atoms. The summed E-state index contributed by atoms with van der Waals surface area (Å²) < 4.78 is 0. The van der Waals surface area contributed by atoms with E-state index in [-0.39, 0.29) is 6.61 Å². The van der Waals surface area contributed by atoms with E-state index in [1.54, 1.807) is 0 Å². The van der Waals surface area contributed by atoms with E-state index >= 15 is 0 Å². The Bertz CT molecular complexity index is 629. The molecule has 0 amide bonds. The Balaban J connectivity index is 1.98. The lowest BCUT2D eigenvalue weighted by Gasteiger charge is -2.33. The molecule has 2 heterocycles. The zero-order valence-corrected chi connectivity index (χ0v) is 12.4. The Hall–Kier alpha value is -1.32. The van der Waals surface area contributed by atoms with Gasteiger partial charge in [-0.25, -0.2) is 4.98 Å². The molecule has 3 rings (SSSR count). The average Bonchev–Trinajstić information content (AvgIpc) is 2.48. The molecule has 20 heavy (non-hydrogen) atoms. The van der Waals surface area contributed by atoms with Gasteiger partial charge in [-0.15, -0.1) is 0 Å². The maximum absolute atomic E-state index is 9.35. The van der Waals surface area contributed by atoms with Crippen molar-refractivity contribution < 1.29 is 5.11 Å². The summed E-state index contributed by atoms with van der Waals surface area (Å²) >= 11 is 6.05. The van der Waals surface area contributed by atoms with E-state index in [2.05, 4.69) is 17.9 Å². The molecule has 4 heteroatoms. The van der Waals surface area contributed by atoms with Crippen LogP contribution in [-0.2, 0) is 0 Å². The highest BCUT2D eigenvalue weighted by Crippen LogP contribution is 2.27. The molecule has 1 fully saturated rings. The molecule has 1 aromatic heterocycles. The third-order valence-electron chi connectivity index (χ3n) is 4.07. The highest BCUT2D eigenvalue weighted by Gasteiger charge is 2.20. The van der Waals surface area contributed by atoms with Crippen molar-refractivity contribution in [3.8, 4) is 0 Å². The quantitative estimate of drug-likeness (QED) is 0.921. The van der Waals surface area contributed by atoms with Gasteiger partial charge in [0.1, 0.15) is 5.82 Å². The summed E-state index contributed by atoms with van der Waals surface area (Å²) in [7, 11) is 0. The first-order valence-electron chi connectivity index (χ1n) is 7.10. The van der Waals surface area contributed by atoms with Gasteiger partial charge in [-0.05, 0) is 55.5 Å². The van der Waals surface area contributed by atoms with Gasteiger partial charge >= 0.3 is 0 Å². The zero-order valence-electron chi connectivity index (χ0n) is 11.6. The number of nitrogens with zero attached hydrogens (tertiary/aromatic N) is 2. The second-order valence-corrected chi connectivity index (χ2v) is 6.03. The van der Waals surface area contributed by atoms with E-state index in [1.165, 1.54) is 5.56 Å². The van der Waals surface area contributed by atoms with Crippen LogP contribution in [0.1, 0.15) is 18.4 Å². The average molecular weight is 291 g/mol. The van der Waals surface area contributed by atoms with E-state index < -0.39 is 0 Å². The van der Waals surface area contributed by atoms with Crippen molar-refractivity contribution in [1.82, 2.24) is 4.98 Å². The number of aryl methyl sites for hydroxylation is 1. The summed E-state index contributed by atoms with van der Waals surface area (Å²) in [5, 5.41) is 11.2. The van der Waals surface area contributed by atoms with Crippen molar-refractivity contribution >= 4 is 28.3 Å². The second-order valence-electron chi connectivity index (χ2n) is 5.60. The van der Waals surface area contributed by atoms with Gasteiger partial charge in [0, 0.05) is 30.1 Å². The lowest BCUT2D eigenvalue weighted by molar-refractivity contribution is 0.208. The molecule has 0 spiro atoms. The lowest BCUT2D eigenvalue weighted by Crippen LogP contribution is -2.37. The first-order valence-corrected chi connectivity index (χ1v) is 7.48. The first-order chi connectivity index (χ1) is 9.67. The van der Waals surface area contributed by atoms with E-state index in [4.69, 9.17) is 16.6 Å². The molecular formula is C16H19ClN2O. The molecular weight excluding hydrogens is 272 g/mol. The molecule has 106 valence electrons. The number of anilines is 1. The van der Waals surface area contributed by atoms with Crippen LogP contribution in [0.15, 0.2) is 24.3 Å². The summed E-state index contributed by atoms with van der Waals surface area (Å²) in [6.45, 7) is 4.26. The largest absolute Gasteiger partial charge is 0.396 e. The number of benzene rings is 1. The third-order valence-corrected chi connectivity index (χ3v) is 4.30. The van der Waals surface area contributed by atoms with Crippen molar-refractivity contribution in [3.63, 3.8) is 0 Å². The number of fused-ring (bicyclic) bond motifs is 1. The van der Waals surface area contributed by atoms with Crippen molar-refractivity contribution in [2.75, 3.05) is 24.6 Å². The Kier molecular flexibility index (Phi) is 3.81. The predicted molar refractivity (Wildman–Crippen MR) is 83.5 cm³/mol. The molecule has 0 radical (unpaired) electrons. The highest BCUT2D eigenvalue weighted by molar-refractivity contribution is 6.31. The van der Waals surface area contributed by atoms with Crippen molar-refractivity contribution in [1.29, 1.82) is 0 Å². The number of piperidine rings is 1. The fourth-order valence-corrected chi connectivity index (χ4v) is 3.10. The molecule has 1 aliphatic rings. The topological polar surface area (TPSA) is 36.4 Å². The number of hydrogen-bond donors (Lipinski definition) is 1. The van der Waals surface area contributed by atoms with Crippen LogP contribution in [0.5, 0.6) is 0 Å². The van der Waals surface area contributed by atoms with Crippen molar-refractivity contribution in [3.05, 3.63) is 34.9 Å². The van der Waals surface area contributed by atoms with E-state index in [9.17, 15) is 5.11 Å². The molecule has 1 aromatic carbocycles. The van der Waals surface area contributed by atoms with Gasteiger partial charge in [0.05, 0.1) is 5.52 Å². The Morgan fingerprint density at radius 2 is 2.25 bits per heavy atom. The normalized spacial score (nSPS) is 19.6. The van der Waals surface area contributed by atoms with Crippen LogP contribution in [0.2, 0.25) is 5.02 Å². The lowest BCUT2D eigenvalue weighted by atomic mass is 9.99. The van der Waals surface area contributed by atoms with Crippen LogP contribution < -0.4 is 4.90 Å². The van der Waals surface area contributed by atoms with Gasteiger partial charge in [-0.1, -0.05) is 11.6 Å². The standard InChI is InChI=1S/C16H19ClN2O/c1-11-7-16(19-6-2-3-12(9-19)10-20)18-15-5-4-13(17)8-14(11)15/h4-5,7-8,12,20H,2-3,6,9-10H2,1H3. The molecule has 1 aliphatic heterocycles. The van der Waals surface area contributed by atoms with Gasteiger partial charge < -0.3 is 10.0 Å². The summed E-state index contributed by atoms with van der Waals surface area (Å²) in [6, 6.07) is 7.95. The maximum atomic E-state index is 9.35.